The van der Waals surface area contributed by atoms with Crippen LogP contribution in [-0.2, 0) is 4.79 Å². The molecule has 25 heavy (non-hydrogen) atoms. The smallest absolute Gasteiger partial charge is 0.221 e. The van der Waals surface area contributed by atoms with Crippen molar-refractivity contribution < 1.29 is 4.79 Å². The van der Waals surface area contributed by atoms with Crippen LogP contribution in [0.25, 0.3) is 0 Å². The Bertz CT molecular complexity index is 803. The molecule has 0 saturated carbocycles. The fourth-order valence-electron chi connectivity index (χ4n) is 2.34. The summed E-state index contributed by atoms with van der Waals surface area (Å²) in [6, 6.07) is 15.8. The van der Waals surface area contributed by atoms with Crippen molar-refractivity contribution in [1.29, 1.82) is 5.26 Å². The van der Waals surface area contributed by atoms with Crippen LogP contribution in [-0.4, -0.2) is 25.7 Å². The Morgan fingerprint density at radius 3 is 2.64 bits per heavy atom. The second kappa shape index (κ2) is 8.65. The quantitative estimate of drug-likeness (QED) is 0.810. The van der Waals surface area contributed by atoms with E-state index in [9.17, 15) is 4.79 Å². The number of hydrogen-bond donors (Lipinski definition) is 1. The number of aliphatic imine (C=N–C) groups is 1. The molecule has 2 aromatic carbocycles. The highest BCUT2D eigenvalue weighted by Crippen LogP contribution is 2.23. The van der Waals surface area contributed by atoms with Crippen LogP contribution < -0.4 is 10.2 Å². The molecule has 2 rings (SSSR count). The summed E-state index contributed by atoms with van der Waals surface area (Å²) in [5, 5.41) is 11.4. The second-order valence-corrected chi connectivity index (χ2v) is 5.86. The van der Waals surface area contributed by atoms with Crippen LogP contribution in [0.1, 0.15) is 24.5 Å². The molecule has 5 nitrogen and oxygen atoms in total. The summed E-state index contributed by atoms with van der Waals surface area (Å²) in [6.07, 6.45) is 2.31. The first kappa shape index (κ1) is 18.2. The molecule has 0 saturated heterocycles. The first-order chi connectivity index (χ1) is 12.0. The predicted molar refractivity (Wildman–Crippen MR) is 103 cm³/mol. The normalized spacial score (nSPS) is 10.5. The van der Waals surface area contributed by atoms with E-state index in [-0.39, 0.29) is 5.91 Å². The van der Waals surface area contributed by atoms with Crippen LogP contribution in [0, 0.1) is 18.3 Å². The largest absolute Gasteiger partial charge is 0.374 e. The Balaban J connectivity index is 2.11. The molecule has 0 aromatic heterocycles. The van der Waals surface area contributed by atoms with E-state index in [2.05, 4.69) is 16.4 Å². The molecule has 0 atom stereocenters. The van der Waals surface area contributed by atoms with Crippen molar-refractivity contribution in [3.63, 3.8) is 0 Å². The fourth-order valence-corrected chi connectivity index (χ4v) is 2.34. The summed E-state index contributed by atoms with van der Waals surface area (Å²) in [6.45, 7) is 4.18. The number of hydrogen-bond acceptors (Lipinski definition) is 4. The van der Waals surface area contributed by atoms with Crippen LogP contribution in [0.4, 0.5) is 17.1 Å². The third-order valence-electron chi connectivity index (χ3n) is 3.78. The van der Waals surface area contributed by atoms with Crippen molar-refractivity contribution >= 4 is 29.2 Å². The van der Waals surface area contributed by atoms with Gasteiger partial charge in [0.1, 0.15) is 0 Å². The summed E-state index contributed by atoms with van der Waals surface area (Å²) >= 11 is 0. The lowest BCUT2D eigenvalue weighted by Crippen LogP contribution is -2.17. The molecule has 2 aromatic rings. The van der Waals surface area contributed by atoms with Gasteiger partial charge in [-0.15, -0.1) is 0 Å². The Morgan fingerprint density at radius 2 is 2.00 bits per heavy atom. The lowest BCUT2D eigenvalue weighted by molar-refractivity contribution is -0.114. The zero-order valence-corrected chi connectivity index (χ0v) is 14.8. The monoisotopic (exact) mass is 334 g/mol. The highest BCUT2D eigenvalue weighted by atomic mass is 16.1. The van der Waals surface area contributed by atoms with Crippen molar-refractivity contribution in [3.8, 4) is 6.07 Å². The minimum absolute atomic E-state index is 0.102. The van der Waals surface area contributed by atoms with E-state index in [1.165, 1.54) is 6.92 Å². The third kappa shape index (κ3) is 5.47. The van der Waals surface area contributed by atoms with Gasteiger partial charge < -0.3 is 10.2 Å². The van der Waals surface area contributed by atoms with Crippen LogP contribution in [0.3, 0.4) is 0 Å². The molecule has 1 N–H and O–H groups in total. The van der Waals surface area contributed by atoms with Crippen molar-refractivity contribution in [3.05, 3.63) is 53.6 Å². The zero-order chi connectivity index (χ0) is 18.2. The molecule has 0 fully saturated rings. The van der Waals surface area contributed by atoms with Gasteiger partial charge >= 0.3 is 0 Å². The molecule has 0 aliphatic heterocycles. The van der Waals surface area contributed by atoms with Gasteiger partial charge in [-0.2, -0.15) is 5.26 Å². The molecule has 0 heterocycles. The van der Waals surface area contributed by atoms with Crippen molar-refractivity contribution in [1.82, 2.24) is 0 Å². The molecular weight excluding hydrogens is 312 g/mol. The molecule has 5 heteroatoms. The van der Waals surface area contributed by atoms with Gasteiger partial charge in [-0.05, 0) is 42.3 Å². The van der Waals surface area contributed by atoms with Gasteiger partial charge in [0.25, 0.3) is 0 Å². The standard InChI is InChI=1S/C20H22N4O/c1-15-5-8-18(23-16(2)25)13-20(15)22-14-17-6-9-19(10-7-17)24(3)12-4-11-21/h5-10,13-14H,4,12H2,1-3H3,(H,23,25). The van der Waals surface area contributed by atoms with Gasteiger partial charge in [-0.1, -0.05) is 18.2 Å². The minimum atomic E-state index is -0.102. The first-order valence-corrected chi connectivity index (χ1v) is 8.10. The number of carbonyl (C=O) groups is 1. The zero-order valence-electron chi connectivity index (χ0n) is 14.8. The van der Waals surface area contributed by atoms with Crippen LogP contribution >= 0.6 is 0 Å². The van der Waals surface area contributed by atoms with Gasteiger partial charge in [-0.25, -0.2) is 0 Å². The second-order valence-electron chi connectivity index (χ2n) is 5.86. The maximum atomic E-state index is 11.2. The van der Waals surface area contributed by atoms with Gasteiger partial charge in [0.2, 0.25) is 5.91 Å². The molecule has 0 aliphatic carbocycles. The van der Waals surface area contributed by atoms with Crippen LogP contribution in [0.15, 0.2) is 47.5 Å². The van der Waals surface area contributed by atoms with E-state index in [1.807, 2.05) is 61.3 Å². The summed E-state index contributed by atoms with van der Waals surface area (Å²) < 4.78 is 0. The summed E-state index contributed by atoms with van der Waals surface area (Å²) in [4.78, 5) is 17.8. The van der Waals surface area contributed by atoms with Gasteiger partial charge in [-0.3, -0.25) is 9.79 Å². The molecule has 1 amide bonds. The number of anilines is 2. The summed E-state index contributed by atoms with van der Waals surface area (Å²) in [7, 11) is 1.97. The van der Waals surface area contributed by atoms with E-state index >= 15 is 0 Å². The van der Waals surface area contributed by atoms with E-state index in [0.29, 0.717) is 13.0 Å². The number of nitrogens with one attached hydrogen (secondary N) is 1. The Kier molecular flexibility index (Phi) is 6.30. The molecule has 0 unspecified atom stereocenters. The van der Waals surface area contributed by atoms with E-state index in [4.69, 9.17) is 5.26 Å². The first-order valence-electron chi connectivity index (χ1n) is 8.10. The van der Waals surface area contributed by atoms with E-state index in [1.54, 1.807) is 6.21 Å². The maximum Gasteiger partial charge on any atom is 0.221 e. The molecule has 0 spiro atoms. The Hall–Kier alpha value is -3.13. The average Bonchev–Trinajstić information content (AvgIpc) is 2.60. The minimum Gasteiger partial charge on any atom is -0.374 e. The summed E-state index contributed by atoms with van der Waals surface area (Å²) in [5.41, 5.74) is 4.65. The van der Waals surface area contributed by atoms with Gasteiger partial charge in [0.05, 0.1) is 18.2 Å². The number of benzene rings is 2. The molecule has 0 aliphatic rings. The molecular formula is C20H22N4O. The molecule has 0 radical (unpaired) electrons. The predicted octanol–water partition coefficient (Wildman–Crippen LogP) is 4.05. The van der Waals surface area contributed by atoms with Crippen molar-refractivity contribution in [2.75, 3.05) is 23.8 Å². The Labute approximate surface area is 148 Å². The molecule has 128 valence electrons. The topological polar surface area (TPSA) is 68.5 Å². The summed E-state index contributed by atoms with van der Waals surface area (Å²) in [5.74, 6) is -0.102. The Morgan fingerprint density at radius 1 is 1.28 bits per heavy atom. The number of aryl methyl sites for hydroxylation is 1. The van der Waals surface area contributed by atoms with Crippen molar-refractivity contribution in [2.45, 2.75) is 20.3 Å². The van der Waals surface area contributed by atoms with Crippen molar-refractivity contribution in [2.24, 2.45) is 4.99 Å². The third-order valence-corrected chi connectivity index (χ3v) is 3.78. The number of rotatable bonds is 6. The number of amides is 1. The fraction of sp³-hybridized carbons (Fsp3) is 0.250. The maximum absolute atomic E-state index is 11.2. The average molecular weight is 334 g/mol. The van der Waals surface area contributed by atoms with E-state index in [0.717, 1.165) is 28.2 Å². The van der Waals surface area contributed by atoms with E-state index < -0.39 is 0 Å². The van der Waals surface area contributed by atoms with Gasteiger partial charge in [0, 0.05) is 38.1 Å². The lowest BCUT2D eigenvalue weighted by Gasteiger charge is -2.17. The SMILES string of the molecule is CC(=O)Nc1ccc(C)c(N=Cc2ccc(N(C)CCC#N)cc2)c1. The number of nitriles is 1. The lowest BCUT2D eigenvalue weighted by atomic mass is 10.1. The van der Waals surface area contributed by atoms with Crippen LogP contribution in [0.5, 0.6) is 0 Å². The number of nitrogens with zero attached hydrogens (tertiary/aromatic N) is 3. The van der Waals surface area contributed by atoms with Crippen LogP contribution in [0.2, 0.25) is 0 Å². The molecule has 0 bridgehead atoms. The number of carbonyl (C=O) groups excluding carboxylic acids is 1. The van der Waals surface area contributed by atoms with Gasteiger partial charge in [0.15, 0.2) is 0 Å². The highest BCUT2D eigenvalue weighted by Gasteiger charge is 2.02. The highest BCUT2D eigenvalue weighted by molar-refractivity contribution is 5.90.